The van der Waals surface area contributed by atoms with E-state index >= 15 is 0 Å². The lowest BCUT2D eigenvalue weighted by Gasteiger charge is -2.35. The summed E-state index contributed by atoms with van der Waals surface area (Å²) in [5.74, 6) is 2.19. The zero-order valence-electron chi connectivity index (χ0n) is 13.4. The highest BCUT2D eigenvalue weighted by Crippen LogP contribution is 2.55. The number of ether oxygens (including phenoxy) is 2. The molecule has 1 saturated heterocycles. The summed E-state index contributed by atoms with van der Waals surface area (Å²) in [6.07, 6.45) is 2.61. The van der Waals surface area contributed by atoms with Gasteiger partial charge in [0.2, 0.25) is 0 Å². The van der Waals surface area contributed by atoms with Crippen molar-refractivity contribution >= 4 is 5.97 Å². The molecule has 114 valence electrons. The second-order valence-electron chi connectivity index (χ2n) is 8.44. The molecule has 3 nitrogen and oxygen atoms in total. The van der Waals surface area contributed by atoms with Crippen molar-refractivity contribution in [1.29, 1.82) is 0 Å². The standard InChI is InChI=1S/C17H28O3/c1-9(2)13(17(3,4)5)16(18)20-14-10-6-11-8-19-15(14)12(11)7-10/h9-15H,6-8H2,1-5H3. The molecular formula is C17H28O3. The lowest BCUT2D eigenvalue weighted by Crippen LogP contribution is -2.41. The first-order chi connectivity index (χ1) is 9.29. The van der Waals surface area contributed by atoms with Crippen LogP contribution in [0.2, 0.25) is 0 Å². The summed E-state index contributed by atoms with van der Waals surface area (Å²) in [5, 5.41) is 0. The monoisotopic (exact) mass is 280 g/mol. The van der Waals surface area contributed by atoms with Gasteiger partial charge < -0.3 is 9.47 Å². The van der Waals surface area contributed by atoms with Gasteiger partial charge >= 0.3 is 5.97 Å². The zero-order valence-corrected chi connectivity index (χ0v) is 13.4. The van der Waals surface area contributed by atoms with E-state index in [0.29, 0.717) is 17.8 Å². The summed E-state index contributed by atoms with van der Waals surface area (Å²) in [5.41, 5.74) is -0.0536. The predicted molar refractivity (Wildman–Crippen MR) is 77.1 cm³/mol. The van der Waals surface area contributed by atoms with E-state index in [1.165, 1.54) is 12.8 Å². The van der Waals surface area contributed by atoms with Crippen LogP contribution >= 0.6 is 0 Å². The smallest absolute Gasteiger partial charge is 0.310 e. The summed E-state index contributed by atoms with van der Waals surface area (Å²) in [6, 6.07) is 0. The molecular weight excluding hydrogens is 252 g/mol. The van der Waals surface area contributed by atoms with Gasteiger partial charge in [-0.1, -0.05) is 34.6 Å². The first-order valence-corrected chi connectivity index (χ1v) is 8.11. The van der Waals surface area contributed by atoms with Gasteiger partial charge in [0.05, 0.1) is 18.6 Å². The van der Waals surface area contributed by atoms with Gasteiger partial charge in [0.1, 0.15) is 6.10 Å². The van der Waals surface area contributed by atoms with Gasteiger partial charge in [0.25, 0.3) is 0 Å². The minimum absolute atomic E-state index is 0.0166. The molecule has 0 radical (unpaired) electrons. The lowest BCUT2D eigenvalue weighted by molar-refractivity contribution is -0.168. The summed E-state index contributed by atoms with van der Waals surface area (Å²) < 4.78 is 11.9. The molecule has 0 aromatic carbocycles. The van der Waals surface area contributed by atoms with Crippen LogP contribution in [0.5, 0.6) is 0 Å². The Labute approximate surface area is 122 Å². The molecule has 2 saturated carbocycles. The van der Waals surface area contributed by atoms with Crippen LogP contribution in [0.25, 0.3) is 0 Å². The van der Waals surface area contributed by atoms with Crippen LogP contribution < -0.4 is 0 Å². The van der Waals surface area contributed by atoms with Crippen LogP contribution in [-0.4, -0.2) is 24.8 Å². The quantitative estimate of drug-likeness (QED) is 0.744. The van der Waals surface area contributed by atoms with Gasteiger partial charge in [0, 0.05) is 0 Å². The van der Waals surface area contributed by atoms with Crippen LogP contribution in [0.15, 0.2) is 0 Å². The highest BCUT2D eigenvalue weighted by molar-refractivity contribution is 5.74. The Morgan fingerprint density at radius 2 is 1.90 bits per heavy atom. The Hall–Kier alpha value is -0.570. The second-order valence-corrected chi connectivity index (χ2v) is 8.44. The summed E-state index contributed by atoms with van der Waals surface area (Å²) >= 11 is 0. The van der Waals surface area contributed by atoms with E-state index in [1.807, 2.05) is 0 Å². The SMILES string of the molecule is CC(C)C(C(=O)OC1C2CC3COC1C3C2)C(C)(C)C. The lowest BCUT2D eigenvalue weighted by atomic mass is 9.74. The molecule has 1 aliphatic heterocycles. The molecule has 3 rings (SSSR count). The van der Waals surface area contributed by atoms with Gasteiger partial charge in [-0.05, 0) is 41.9 Å². The van der Waals surface area contributed by atoms with E-state index in [0.717, 1.165) is 12.5 Å². The largest absolute Gasteiger partial charge is 0.459 e. The van der Waals surface area contributed by atoms with Crippen molar-refractivity contribution in [2.75, 3.05) is 6.61 Å². The van der Waals surface area contributed by atoms with Crippen molar-refractivity contribution in [1.82, 2.24) is 0 Å². The number of carbonyl (C=O) groups excluding carboxylic acids is 1. The van der Waals surface area contributed by atoms with Gasteiger partial charge in [-0.15, -0.1) is 0 Å². The molecule has 0 N–H and O–H groups in total. The molecule has 6 atom stereocenters. The van der Waals surface area contributed by atoms with Crippen LogP contribution in [0.1, 0.15) is 47.5 Å². The first-order valence-electron chi connectivity index (χ1n) is 8.11. The van der Waals surface area contributed by atoms with Crippen molar-refractivity contribution in [2.24, 2.45) is 35.0 Å². The van der Waals surface area contributed by atoms with Gasteiger partial charge in [-0.2, -0.15) is 0 Å². The van der Waals surface area contributed by atoms with E-state index < -0.39 is 0 Å². The van der Waals surface area contributed by atoms with E-state index in [2.05, 4.69) is 34.6 Å². The maximum atomic E-state index is 12.7. The van der Waals surface area contributed by atoms with Crippen LogP contribution in [-0.2, 0) is 14.3 Å². The topological polar surface area (TPSA) is 35.5 Å². The number of hydrogen-bond acceptors (Lipinski definition) is 3. The number of rotatable bonds is 3. The molecule has 1 heterocycles. The zero-order chi connectivity index (χ0) is 14.7. The van der Waals surface area contributed by atoms with Crippen molar-refractivity contribution in [3.63, 3.8) is 0 Å². The van der Waals surface area contributed by atoms with E-state index in [9.17, 15) is 4.79 Å². The maximum Gasteiger partial charge on any atom is 0.310 e. The fraction of sp³-hybridized carbons (Fsp3) is 0.941. The van der Waals surface area contributed by atoms with Crippen LogP contribution in [0, 0.1) is 35.0 Å². The Kier molecular flexibility index (Phi) is 3.39. The molecule has 0 spiro atoms. The van der Waals surface area contributed by atoms with Gasteiger partial charge in [-0.25, -0.2) is 0 Å². The molecule has 20 heavy (non-hydrogen) atoms. The van der Waals surface area contributed by atoms with E-state index in [-0.39, 0.29) is 29.5 Å². The average Bonchev–Trinajstić information content (AvgIpc) is 2.86. The summed E-state index contributed by atoms with van der Waals surface area (Å²) in [7, 11) is 0. The van der Waals surface area contributed by atoms with Crippen molar-refractivity contribution < 1.29 is 14.3 Å². The van der Waals surface area contributed by atoms with Gasteiger partial charge in [0.15, 0.2) is 0 Å². The number of carbonyl (C=O) groups is 1. The van der Waals surface area contributed by atoms with E-state index in [4.69, 9.17) is 9.47 Å². The Bertz CT molecular complexity index is 394. The van der Waals surface area contributed by atoms with Gasteiger partial charge in [-0.3, -0.25) is 4.79 Å². The second kappa shape index (κ2) is 4.72. The molecule has 2 bridgehead atoms. The first kappa shape index (κ1) is 14.4. The highest BCUT2D eigenvalue weighted by Gasteiger charge is 2.59. The average molecular weight is 280 g/mol. The van der Waals surface area contributed by atoms with Crippen molar-refractivity contribution in [2.45, 2.75) is 59.7 Å². The summed E-state index contributed by atoms with van der Waals surface area (Å²) in [4.78, 5) is 12.7. The molecule has 0 aromatic rings. The van der Waals surface area contributed by atoms with Crippen molar-refractivity contribution in [3.05, 3.63) is 0 Å². The summed E-state index contributed by atoms with van der Waals surface area (Å²) in [6.45, 7) is 11.5. The molecule has 6 unspecified atom stereocenters. The normalized spacial score (nSPS) is 40.4. The highest BCUT2D eigenvalue weighted by atomic mass is 16.6. The minimum atomic E-state index is -0.0536. The van der Waals surface area contributed by atoms with Crippen LogP contribution in [0.4, 0.5) is 0 Å². The Balaban J connectivity index is 1.70. The predicted octanol–water partition coefficient (Wildman–Crippen LogP) is 3.27. The third-order valence-electron chi connectivity index (χ3n) is 5.60. The minimum Gasteiger partial charge on any atom is -0.459 e. The fourth-order valence-electron chi connectivity index (χ4n) is 5.03. The third-order valence-corrected chi connectivity index (χ3v) is 5.60. The Morgan fingerprint density at radius 3 is 2.50 bits per heavy atom. The molecule has 0 aromatic heterocycles. The van der Waals surface area contributed by atoms with Crippen LogP contribution in [0.3, 0.4) is 0 Å². The van der Waals surface area contributed by atoms with E-state index in [1.54, 1.807) is 0 Å². The Morgan fingerprint density at radius 1 is 1.20 bits per heavy atom. The number of esters is 1. The number of hydrogen-bond donors (Lipinski definition) is 0. The molecule has 3 fully saturated rings. The fourth-order valence-corrected chi connectivity index (χ4v) is 5.03. The van der Waals surface area contributed by atoms with Crippen molar-refractivity contribution in [3.8, 4) is 0 Å². The molecule has 3 heteroatoms. The number of fused-ring (bicyclic) bond motifs is 1. The molecule has 0 amide bonds. The molecule has 3 aliphatic rings. The maximum absolute atomic E-state index is 12.7. The third kappa shape index (κ3) is 2.18. The molecule has 2 aliphatic carbocycles.